The van der Waals surface area contributed by atoms with Crippen molar-refractivity contribution in [1.29, 1.82) is 0 Å². The van der Waals surface area contributed by atoms with Crippen molar-refractivity contribution in [3.63, 3.8) is 0 Å². The standard InChI is InChI=1S/C10H7F3O2S.6CO.2Co/c1-7(14)15-8(4-5-10(11,12)13)9-3-2-6-16-9;6*1-2;;/h2-3,6,8H,1H3;;;;;;;;. The molecule has 0 aliphatic carbocycles. The number of ether oxygens (including phenoxy) is 1. The molecule has 0 aliphatic rings. The molecule has 1 heterocycles. The molecule has 0 spiro atoms. The quantitative estimate of drug-likeness (QED) is 0.334. The molecule has 1 rings (SSSR count). The van der Waals surface area contributed by atoms with Crippen LogP contribution in [0.15, 0.2) is 17.5 Å². The Hall–Kier alpha value is -1.85. The van der Waals surface area contributed by atoms with Crippen LogP contribution in [0.3, 0.4) is 0 Å². The number of allylic oxidation sites excluding steroid dienone is 1. The molecule has 1 atom stereocenters. The first-order valence-electron chi connectivity index (χ1n) is 5.41. The fourth-order valence-electron chi connectivity index (χ4n) is 0.912. The van der Waals surface area contributed by atoms with Gasteiger partial charge in [-0.25, -0.2) is 0 Å². The summed E-state index contributed by atoms with van der Waals surface area (Å²) < 4.78 is 85.3. The van der Waals surface area contributed by atoms with Gasteiger partial charge in [-0.15, -0.1) is 11.3 Å². The molecule has 1 unspecified atom stereocenters. The van der Waals surface area contributed by atoms with E-state index in [4.69, 9.17) is 27.9 Å². The van der Waals surface area contributed by atoms with Gasteiger partial charge in [0.05, 0.1) is 6.08 Å². The molecule has 0 saturated heterocycles. The summed E-state index contributed by atoms with van der Waals surface area (Å²) in [5.74, 6) is -0.671. The Labute approximate surface area is 194 Å². The summed E-state index contributed by atoms with van der Waals surface area (Å²) in [7, 11) is 0. The Morgan fingerprint density at radius 2 is 1.33 bits per heavy atom. The van der Waals surface area contributed by atoms with E-state index in [0.717, 1.165) is 13.0 Å². The molecule has 8 nitrogen and oxygen atoms in total. The molecule has 0 fully saturated rings. The van der Waals surface area contributed by atoms with Crippen LogP contribution in [0.1, 0.15) is 17.9 Å². The summed E-state index contributed by atoms with van der Waals surface area (Å²) in [6, 6.07) is 3.20. The fourth-order valence-corrected chi connectivity index (χ4v) is 1.61. The summed E-state index contributed by atoms with van der Waals surface area (Å²) in [6.07, 6.45) is -2.76. The first-order valence-corrected chi connectivity index (χ1v) is 6.29. The van der Waals surface area contributed by atoms with Gasteiger partial charge in [0, 0.05) is 51.4 Å². The molecule has 0 N–H and O–H groups in total. The number of hydrogen-bond acceptors (Lipinski definition) is 3. The first-order chi connectivity index (χ1) is 13.4. The van der Waals surface area contributed by atoms with E-state index in [1.807, 2.05) is 6.08 Å². The molecule has 0 bridgehead atoms. The summed E-state index contributed by atoms with van der Waals surface area (Å²) in [6.45, 7) is 28.1. The molecular formula is C16H7Co2F3O8S. The van der Waals surface area contributed by atoms with Crippen LogP contribution in [0.25, 0.3) is 0 Å². The molecule has 4 radical (unpaired) electrons. The minimum Gasteiger partial charge on any atom is 0 e. The molecule has 14 heteroatoms. The molecule has 0 aliphatic heterocycles. The minimum atomic E-state index is -4.59. The fraction of sp³-hybridized carbons (Fsp3) is 0.188. The number of rotatable bonds is 3. The van der Waals surface area contributed by atoms with E-state index in [2.05, 4.69) is 44.6 Å². The van der Waals surface area contributed by atoms with Crippen molar-refractivity contribution in [2.45, 2.75) is 19.2 Å². The van der Waals surface area contributed by atoms with Crippen molar-refractivity contribution < 1.29 is 84.2 Å². The van der Waals surface area contributed by atoms with Crippen LogP contribution in [0.2, 0.25) is 0 Å². The Bertz CT molecular complexity index is 572. The van der Waals surface area contributed by atoms with Crippen LogP contribution in [0.5, 0.6) is 0 Å². The van der Waals surface area contributed by atoms with E-state index in [1.54, 1.807) is 17.5 Å². The molecular weight excluding hydrogens is 527 g/mol. The Kier molecular flexibility index (Phi) is 77.9. The van der Waals surface area contributed by atoms with E-state index < -0.39 is 18.2 Å². The van der Waals surface area contributed by atoms with Crippen molar-refractivity contribution in [3.8, 4) is 0 Å². The predicted molar refractivity (Wildman–Crippen MR) is 74.9 cm³/mol. The van der Waals surface area contributed by atoms with Crippen molar-refractivity contribution in [2.24, 2.45) is 0 Å². The Morgan fingerprint density at radius 1 is 0.967 bits per heavy atom. The smallest absolute Gasteiger partial charge is 0 e. The van der Waals surface area contributed by atoms with Gasteiger partial charge in [-0.1, -0.05) is 6.07 Å². The maximum Gasteiger partial charge on any atom is 0 e. The second-order valence-corrected chi connectivity index (χ2v) is 3.75. The van der Waals surface area contributed by atoms with Crippen LogP contribution in [-0.4, -0.2) is 12.1 Å². The van der Waals surface area contributed by atoms with E-state index >= 15 is 0 Å². The summed E-state index contributed by atoms with van der Waals surface area (Å²) >= 11 is 1.18. The maximum absolute atomic E-state index is 11.9. The summed E-state index contributed by atoms with van der Waals surface area (Å²) in [5, 5.41) is 1.67. The van der Waals surface area contributed by atoms with Crippen molar-refractivity contribution in [1.82, 2.24) is 0 Å². The minimum absolute atomic E-state index is 0. The topological polar surface area (TPSA) is 146 Å². The summed E-state index contributed by atoms with van der Waals surface area (Å²) in [4.78, 5) is 11.2. The molecule has 0 amide bonds. The molecule has 1 aromatic heterocycles. The third kappa shape index (κ3) is 45.1. The van der Waals surface area contributed by atoms with E-state index in [0.29, 0.717) is 4.88 Å². The normalized spacial score (nSPS) is 7.87. The number of hydrogen-bond donors (Lipinski definition) is 0. The number of carbonyl (C=O) groups is 1. The monoisotopic (exact) mass is 534 g/mol. The zero-order valence-corrected chi connectivity index (χ0v) is 17.2. The first kappa shape index (κ1) is 51.1. The van der Waals surface area contributed by atoms with E-state index in [-0.39, 0.29) is 33.6 Å². The van der Waals surface area contributed by atoms with Crippen molar-refractivity contribution >= 4 is 17.3 Å². The van der Waals surface area contributed by atoms with Gasteiger partial charge in [-0.3, -0.25) is 4.79 Å². The van der Waals surface area contributed by atoms with Crippen molar-refractivity contribution in [3.05, 3.63) is 74.4 Å². The van der Waals surface area contributed by atoms with Gasteiger partial charge in [0.1, 0.15) is 0 Å². The van der Waals surface area contributed by atoms with Crippen molar-refractivity contribution in [2.75, 3.05) is 0 Å². The van der Waals surface area contributed by atoms with Crippen LogP contribution in [-0.2, 0) is 71.0 Å². The molecule has 0 saturated carbocycles. The molecule has 164 valence electrons. The average Bonchev–Trinajstić information content (AvgIpc) is 3.28. The van der Waals surface area contributed by atoms with Crippen LogP contribution < -0.4 is 0 Å². The third-order valence-electron chi connectivity index (χ3n) is 1.43. The van der Waals surface area contributed by atoms with Gasteiger partial charge < -0.3 is 4.74 Å². The molecule has 0 aromatic carbocycles. The van der Waals surface area contributed by atoms with Crippen LogP contribution in [0, 0.1) is 52.1 Å². The second-order valence-electron chi connectivity index (χ2n) is 2.77. The van der Waals surface area contributed by atoms with Gasteiger partial charge >= 0.3 is 80.0 Å². The average molecular weight is 534 g/mol. The molecule has 30 heavy (non-hydrogen) atoms. The SMILES string of the molecule is CC(=O)OC([C]=[C]C(F)(F)F)c1cccs1.[C-]#[O+].[C-]#[O+].[C-]#[O+].[C-]#[O+].[C-]#[O+].[C-]#[O+].[Co].[Co]. The number of alkyl halides is 3. The van der Waals surface area contributed by atoms with Gasteiger partial charge in [0.2, 0.25) is 0 Å². The van der Waals surface area contributed by atoms with Gasteiger partial charge in [0.25, 0.3) is 0 Å². The van der Waals surface area contributed by atoms with Crippen LogP contribution in [0.4, 0.5) is 13.2 Å². The zero-order valence-electron chi connectivity index (χ0n) is 14.3. The van der Waals surface area contributed by atoms with Gasteiger partial charge in [-0.05, 0) is 11.4 Å². The predicted octanol–water partition coefficient (Wildman–Crippen LogP) is 2.85. The number of carbonyl (C=O) groups excluding carboxylic acids is 1. The second kappa shape index (κ2) is 45.7. The molecule has 1 aromatic rings. The number of esters is 1. The van der Waals surface area contributed by atoms with Crippen LogP contribution >= 0.6 is 11.3 Å². The van der Waals surface area contributed by atoms with E-state index in [9.17, 15) is 18.0 Å². The Balaban J connectivity index is -0.0000000498. The number of halogens is 3. The third-order valence-corrected chi connectivity index (χ3v) is 2.35. The Morgan fingerprint density at radius 3 is 1.57 bits per heavy atom. The summed E-state index contributed by atoms with van der Waals surface area (Å²) in [5.41, 5.74) is 0. The van der Waals surface area contributed by atoms with Gasteiger partial charge in [0.15, 0.2) is 6.10 Å². The largest absolute Gasteiger partial charge is 0 e. The zero-order chi connectivity index (χ0) is 24.2. The van der Waals surface area contributed by atoms with Gasteiger partial charge in [-0.2, -0.15) is 13.2 Å². The number of thiophene rings is 1. The maximum atomic E-state index is 11.9. The van der Waals surface area contributed by atoms with E-state index in [1.165, 1.54) is 11.3 Å².